The van der Waals surface area contributed by atoms with Crippen molar-refractivity contribution in [2.45, 2.75) is 51.2 Å². The number of hydrogen-bond acceptors (Lipinski definition) is 2. The Hall–Kier alpha value is -0.930. The molecule has 0 spiro atoms. The van der Waals surface area contributed by atoms with Gasteiger partial charge in [0.15, 0.2) is 0 Å². The number of halogens is 1. The Labute approximate surface area is 108 Å². The first-order chi connectivity index (χ1) is 8.59. The second-order valence-corrected chi connectivity index (χ2v) is 5.42. The van der Waals surface area contributed by atoms with Crippen LogP contribution in [0.5, 0.6) is 0 Å². The van der Waals surface area contributed by atoms with Crippen LogP contribution < -0.4 is 5.73 Å². The van der Waals surface area contributed by atoms with Crippen molar-refractivity contribution in [3.8, 4) is 0 Å². The van der Waals surface area contributed by atoms with Crippen LogP contribution in [-0.2, 0) is 0 Å². The van der Waals surface area contributed by atoms with Crippen molar-refractivity contribution in [3.63, 3.8) is 0 Å². The first kappa shape index (κ1) is 13.5. The van der Waals surface area contributed by atoms with E-state index in [1.807, 2.05) is 0 Å². The van der Waals surface area contributed by atoms with Crippen LogP contribution in [0, 0.1) is 18.7 Å². The van der Waals surface area contributed by atoms with Crippen molar-refractivity contribution in [1.82, 2.24) is 0 Å². The molecule has 1 aliphatic rings. The third-order valence-electron chi connectivity index (χ3n) is 4.07. The van der Waals surface area contributed by atoms with Gasteiger partial charge in [-0.05, 0) is 42.9 Å². The van der Waals surface area contributed by atoms with Gasteiger partial charge < -0.3 is 10.8 Å². The molecule has 0 unspecified atom stereocenters. The minimum absolute atomic E-state index is 0.224. The van der Waals surface area contributed by atoms with Gasteiger partial charge >= 0.3 is 0 Å². The maximum Gasteiger partial charge on any atom is 0.126 e. The van der Waals surface area contributed by atoms with Crippen LogP contribution in [0.15, 0.2) is 18.2 Å². The van der Waals surface area contributed by atoms with Crippen molar-refractivity contribution < 1.29 is 9.50 Å². The summed E-state index contributed by atoms with van der Waals surface area (Å²) in [7, 11) is 0. The number of rotatable bonds is 3. The first-order valence-corrected chi connectivity index (χ1v) is 6.79. The highest BCUT2D eigenvalue weighted by molar-refractivity contribution is 5.27. The molecule has 1 fully saturated rings. The van der Waals surface area contributed by atoms with E-state index in [1.54, 1.807) is 19.1 Å². The average Bonchev–Trinajstić information content (AvgIpc) is 2.41. The summed E-state index contributed by atoms with van der Waals surface area (Å²) < 4.78 is 13.2. The summed E-state index contributed by atoms with van der Waals surface area (Å²) in [6.07, 6.45) is 5.20. The summed E-state index contributed by atoms with van der Waals surface area (Å²) in [5.41, 5.74) is 7.52. The Morgan fingerprint density at radius 3 is 2.56 bits per heavy atom. The normalized spacial score (nSPS) is 20.7. The molecule has 3 N–H and O–H groups in total. The van der Waals surface area contributed by atoms with Crippen LogP contribution in [0.2, 0.25) is 0 Å². The van der Waals surface area contributed by atoms with Gasteiger partial charge in [0.1, 0.15) is 5.82 Å². The van der Waals surface area contributed by atoms with Crippen LogP contribution in [0.4, 0.5) is 4.39 Å². The Morgan fingerprint density at radius 1 is 1.28 bits per heavy atom. The summed E-state index contributed by atoms with van der Waals surface area (Å²) in [5, 5.41) is 10.3. The van der Waals surface area contributed by atoms with E-state index in [9.17, 15) is 9.50 Å². The van der Waals surface area contributed by atoms with Crippen molar-refractivity contribution >= 4 is 0 Å². The molecule has 1 aliphatic carbocycles. The topological polar surface area (TPSA) is 46.2 Å². The number of hydrogen-bond donors (Lipinski definition) is 2. The molecule has 2 atom stereocenters. The molecule has 18 heavy (non-hydrogen) atoms. The highest BCUT2D eigenvalue weighted by Gasteiger charge is 2.27. The number of benzene rings is 1. The van der Waals surface area contributed by atoms with E-state index >= 15 is 0 Å². The second kappa shape index (κ2) is 5.81. The summed E-state index contributed by atoms with van der Waals surface area (Å²) in [4.78, 5) is 0. The highest BCUT2D eigenvalue weighted by Crippen LogP contribution is 2.31. The number of nitrogens with two attached hydrogens (primary N) is 1. The minimum Gasteiger partial charge on any atom is -0.391 e. The quantitative estimate of drug-likeness (QED) is 0.867. The molecule has 0 aromatic heterocycles. The van der Waals surface area contributed by atoms with E-state index in [-0.39, 0.29) is 5.82 Å². The van der Waals surface area contributed by atoms with Gasteiger partial charge in [-0.3, -0.25) is 0 Å². The molecule has 0 radical (unpaired) electrons. The van der Waals surface area contributed by atoms with Gasteiger partial charge in [-0.25, -0.2) is 4.39 Å². The summed E-state index contributed by atoms with van der Waals surface area (Å²) in [6.45, 7) is 1.72. The first-order valence-electron chi connectivity index (χ1n) is 6.79. The minimum atomic E-state index is -0.518. The monoisotopic (exact) mass is 251 g/mol. The van der Waals surface area contributed by atoms with Crippen LogP contribution in [-0.4, -0.2) is 11.2 Å². The van der Waals surface area contributed by atoms with Crippen molar-refractivity contribution in [1.29, 1.82) is 0 Å². The molecule has 0 saturated heterocycles. The molecule has 3 heteroatoms. The molecule has 0 aliphatic heterocycles. The molecule has 1 aromatic rings. The lowest BCUT2D eigenvalue weighted by atomic mass is 9.81. The molecule has 1 aromatic carbocycles. The predicted molar refractivity (Wildman–Crippen MR) is 70.6 cm³/mol. The number of aliphatic hydroxyl groups excluding tert-OH is 1. The average molecular weight is 251 g/mol. The standard InChI is InChI=1S/C15H22FNO/c1-10-9-12(7-8-13(10)16)14(17)15(18)11-5-3-2-4-6-11/h7-9,11,14-15,18H,2-6,17H2,1H3/t14-,15+/m1/s1. The fourth-order valence-electron chi connectivity index (χ4n) is 2.84. The van der Waals surface area contributed by atoms with Crippen molar-refractivity contribution in [2.75, 3.05) is 0 Å². The molecule has 0 amide bonds. The van der Waals surface area contributed by atoms with E-state index in [1.165, 1.54) is 25.3 Å². The summed E-state index contributed by atoms with van der Waals surface area (Å²) in [6, 6.07) is 4.44. The van der Waals surface area contributed by atoms with E-state index < -0.39 is 12.1 Å². The highest BCUT2D eigenvalue weighted by atomic mass is 19.1. The lowest BCUT2D eigenvalue weighted by molar-refractivity contribution is 0.0617. The van der Waals surface area contributed by atoms with Crippen LogP contribution in [0.3, 0.4) is 0 Å². The number of aliphatic hydroxyl groups is 1. The molecular weight excluding hydrogens is 229 g/mol. The van der Waals surface area contributed by atoms with Gasteiger partial charge in [-0.2, -0.15) is 0 Å². The Morgan fingerprint density at radius 2 is 1.94 bits per heavy atom. The van der Waals surface area contributed by atoms with Gasteiger partial charge in [0.05, 0.1) is 12.1 Å². The van der Waals surface area contributed by atoms with Crippen molar-refractivity contribution in [3.05, 3.63) is 35.1 Å². The third kappa shape index (κ3) is 2.90. The van der Waals surface area contributed by atoms with Gasteiger partial charge in [-0.1, -0.05) is 31.4 Å². The maximum absolute atomic E-state index is 13.2. The zero-order chi connectivity index (χ0) is 13.1. The SMILES string of the molecule is Cc1cc([C@@H](N)[C@@H](O)C2CCCCC2)ccc1F. The largest absolute Gasteiger partial charge is 0.391 e. The zero-order valence-corrected chi connectivity index (χ0v) is 10.9. The predicted octanol–water partition coefficient (Wildman–Crippen LogP) is 3.08. The lowest BCUT2D eigenvalue weighted by Crippen LogP contribution is -2.34. The Bertz CT molecular complexity index is 401. The smallest absolute Gasteiger partial charge is 0.126 e. The zero-order valence-electron chi connectivity index (χ0n) is 10.9. The van der Waals surface area contributed by atoms with Crippen LogP contribution in [0.1, 0.15) is 49.3 Å². The van der Waals surface area contributed by atoms with E-state index in [4.69, 9.17) is 5.73 Å². The van der Waals surface area contributed by atoms with Crippen LogP contribution in [0.25, 0.3) is 0 Å². The lowest BCUT2D eigenvalue weighted by Gasteiger charge is -2.30. The maximum atomic E-state index is 13.2. The summed E-state index contributed by atoms with van der Waals surface area (Å²) >= 11 is 0. The number of aryl methyl sites for hydroxylation is 1. The fraction of sp³-hybridized carbons (Fsp3) is 0.600. The molecule has 0 heterocycles. The van der Waals surface area contributed by atoms with Crippen LogP contribution >= 0.6 is 0 Å². The Kier molecular flexibility index (Phi) is 4.36. The van der Waals surface area contributed by atoms with E-state index in [0.29, 0.717) is 11.5 Å². The molecule has 0 bridgehead atoms. The molecule has 2 rings (SSSR count). The molecular formula is C15H22FNO. The Balaban J connectivity index is 2.09. The van der Waals surface area contributed by atoms with Crippen molar-refractivity contribution in [2.24, 2.45) is 11.7 Å². The third-order valence-corrected chi connectivity index (χ3v) is 4.07. The van der Waals surface area contributed by atoms with Gasteiger partial charge in [0.2, 0.25) is 0 Å². The van der Waals surface area contributed by atoms with Gasteiger partial charge in [0.25, 0.3) is 0 Å². The second-order valence-electron chi connectivity index (χ2n) is 5.42. The van der Waals surface area contributed by atoms with E-state index in [0.717, 1.165) is 18.4 Å². The fourth-order valence-corrected chi connectivity index (χ4v) is 2.84. The van der Waals surface area contributed by atoms with Gasteiger partial charge in [-0.15, -0.1) is 0 Å². The summed E-state index contributed by atoms with van der Waals surface area (Å²) in [5.74, 6) is 0.0669. The molecule has 2 nitrogen and oxygen atoms in total. The molecule has 1 saturated carbocycles. The van der Waals surface area contributed by atoms with E-state index in [2.05, 4.69) is 0 Å². The van der Waals surface area contributed by atoms with Gasteiger partial charge in [0, 0.05) is 0 Å². The molecule has 100 valence electrons.